The Hall–Kier alpha value is -1.10. The third-order valence-corrected chi connectivity index (χ3v) is 1.88. The van der Waals surface area contributed by atoms with Gasteiger partial charge in [0.25, 0.3) is 0 Å². The predicted octanol–water partition coefficient (Wildman–Crippen LogP) is 0.932. The van der Waals surface area contributed by atoms with E-state index in [9.17, 15) is 4.79 Å². The van der Waals surface area contributed by atoms with Crippen molar-refractivity contribution in [3.63, 3.8) is 0 Å². The van der Waals surface area contributed by atoms with Crippen LogP contribution in [-0.4, -0.2) is 26.2 Å². The number of nitrogens with one attached hydrogen (secondary N) is 1. The van der Waals surface area contributed by atoms with Crippen LogP contribution in [0, 0.1) is 0 Å². The molecule has 0 spiro atoms. The highest BCUT2D eigenvalue weighted by molar-refractivity contribution is 6.16. The molecule has 84 valence electrons. The van der Waals surface area contributed by atoms with E-state index in [1.54, 1.807) is 4.57 Å². The number of nitrogens with zero attached hydrogens (tertiary/aromatic N) is 3. The first-order valence-corrected chi connectivity index (χ1v) is 5.19. The number of amides is 1. The van der Waals surface area contributed by atoms with Crippen LogP contribution in [0.15, 0.2) is 6.33 Å². The van der Waals surface area contributed by atoms with Gasteiger partial charge in [-0.2, -0.15) is 0 Å². The zero-order chi connectivity index (χ0) is 11.5. The Labute approximate surface area is 93.8 Å². The van der Waals surface area contributed by atoms with Gasteiger partial charge in [-0.15, -0.1) is 21.8 Å². The van der Waals surface area contributed by atoms with Crippen molar-refractivity contribution in [1.29, 1.82) is 0 Å². The van der Waals surface area contributed by atoms with Crippen molar-refractivity contribution < 1.29 is 4.79 Å². The lowest BCUT2D eigenvalue weighted by Gasteiger charge is -2.20. The fourth-order valence-electron chi connectivity index (χ4n) is 1.13. The largest absolute Gasteiger partial charge is 0.350 e. The Balaban J connectivity index is 2.59. The molecule has 0 aromatic carbocycles. The lowest BCUT2D eigenvalue weighted by molar-refractivity contribution is -0.123. The summed E-state index contributed by atoms with van der Waals surface area (Å²) < 4.78 is 1.63. The van der Waals surface area contributed by atoms with Gasteiger partial charge in [0.05, 0.1) is 5.88 Å². The molecule has 0 bridgehead atoms. The lowest BCUT2D eigenvalue weighted by atomic mass is 10.1. The van der Waals surface area contributed by atoms with Crippen LogP contribution in [0.1, 0.15) is 26.6 Å². The number of aromatic nitrogens is 3. The average molecular weight is 231 g/mol. The maximum absolute atomic E-state index is 11.6. The highest BCUT2D eigenvalue weighted by Gasteiger charge is 2.15. The highest BCUT2D eigenvalue weighted by Crippen LogP contribution is 2.01. The van der Waals surface area contributed by atoms with Gasteiger partial charge in [-0.1, -0.05) is 0 Å². The van der Waals surface area contributed by atoms with Crippen molar-refractivity contribution in [2.75, 3.05) is 0 Å². The van der Waals surface area contributed by atoms with Gasteiger partial charge >= 0.3 is 0 Å². The standard InChI is InChI=1S/C9H15ClN4O/c1-9(2,3)12-8(15)5-14-6-11-13-7(14)4-10/h6H,4-5H2,1-3H3,(H,12,15). The Bertz CT molecular complexity index is 342. The monoisotopic (exact) mass is 230 g/mol. The van der Waals surface area contributed by atoms with Crippen LogP contribution in [0.5, 0.6) is 0 Å². The first kappa shape index (κ1) is 12.0. The van der Waals surface area contributed by atoms with E-state index in [0.717, 1.165) is 0 Å². The van der Waals surface area contributed by atoms with Crippen LogP contribution in [0.4, 0.5) is 0 Å². The van der Waals surface area contributed by atoms with Gasteiger partial charge in [0.1, 0.15) is 18.7 Å². The van der Waals surface area contributed by atoms with Crippen LogP contribution in [0.25, 0.3) is 0 Å². The number of carbonyl (C=O) groups excluding carboxylic acids is 1. The minimum Gasteiger partial charge on any atom is -0.350 e. The maximum Gasteiger partial charge on any atom is 0.240 e. The molecule has 0 saturated heterocycles. The summed E-state index contributed by atoms with van der Waals surface area (Å²) in [5.41, 5.74) is -0.230. The molecule has 1 heterocycles. The molecule has 0 radical (unpaired) electrons. The molecule has 0 saturated carbocycles. The van der Waals surface area contributed by atoms with Crippen LogP contribution in [0.3, 0.4) is 0 Å². The number of halogens is 1. The molecule has 5 nitrogen and oxygen atoms in total. The molecule has 0 aliphatic rings. The van der Waals surface area contributed by atoms with E-state index in [0.29, 0.717) is 5.82 Å². The summed E-state index contributed by atoms with van der Waals surface area (Å²) in [6.45, 7) is 5.99. The fourth-order valence-corrected chi connectivity index (χ4v) is 1.33. The van der Waals surface area contributed by atoms with Crippen molar-refractivity contribution in [1.82, 2.24) is 20.1 Å². The summed E-state index contributed by atoms with van der Waals surface area (Å²) >= 11 is 5.63. The predicted molar refractivity (Wildman–Crippen MR) is 57.5 cm³/mol. The molecule has 0 aliphatic heterocycles. The molecule has 0 aliphatic carbocycles. The Morgan fingerprint density at radius 2 is 2.27 bits per heavy atom. The topological polar surface area (TPSA) is 59.8 Å². The summed E-state index contributed by atoms with van der Waals surface area (Å²) in [5.74, 6) is 0.775. The molecule has 6 heteroatoms. The van der Waals surface area contributed by atoms with E-state index in [1.807, 2.05) is 20.8 Å². The van der Waals surface area contributed by atoms with Gasteiger partial charge in [-0.25, -0.2) is 0 Å². The average Bonchev–Trinajstić information content (AvgIpc) is 2.48. The second-order valence-electron chi connectivity index (χ2n) is 4.31. The molecule has 0 unspecified atom stereocenters. The van der Waals surface area contributed by atoms with E-state index in [1.165, 1.54) is 6.33 Å². The Morgan fingerprint density at radius 3 is 2.80 bits per heavy atom. The second kappa shape index (κ2) is 4.61. The quantitative estimate of drug-likeness (QED) is 0.786. The van der Waals surface area contributed by atoms with Crippen molar-refractivity contribution in [3.05, 3.63) is 12.2 Å². The van der Waals surface area contributed by atoms with Crippen LogP contribution < -0.4 is 5.32 Å². The van der Waals surface area contributed by atoms with Gasteiger partial charge < -0.3 is 9.88 Å². The summed E-state index contributed by atoms with van der Waals surface area (Å²) in [7, 11) is 0. The first-order chi connectivity index (χ1) is 6.92. The second-order valence-corrected chi connectivity index (χ2v) is 4.57. The summed E-state index contributed by atoms with van der Waals surface area (Å²) in [6.07, 6.45) is 1.50. The molecule has 1 aromatic heterocycles. The minimum atomic E-state index is -0.230. The maximum atomic E-state index is 11.6. The van der Waals surface area contributed by atoms with Gasteiger partial charge in [0.2, 0.25) is 5.91 Å². The van der Waals surface area contributed by atoms with Gasteiger partial charge in [-0.05, 0) is 20.8 Å². The Morgan fingerprint density at radius 1 is 1.60 bits per heavy atom. The SMILES string of the molecule is CC(C)(C)NC(=O)Cn1cnnc1CCl. The summed E-state index contributed by atoms with van der Waals surface area (Å²) in [5, 5.41) is 10.3. The van der Waals surface area contributed by atoms with E-state index < -0.39 is 0 Å². The zero-order valence-electron chi connectivity index (χ0n) is 9.12. The third kappa shape index (κ3) is 3.87. The zero-order valence-corrected chi connectivity index (χ0v) is 9.88. The molecule has 1 rings (SSSR count). The number of hydrogen-bond acceptors (Lipinski definition) is 3. The number of alkyl halides is 1. The molecule has 15 heavy (non-hydrogen) atoms. The molecule has 1 aromatic rings. The lowest BCUT2D eigenvalue weighted by Crippen LogP contribution is -2.42. The van der Waals surface area contributed by atoms with Gasteiger partial charge in [-0.3, -0.25) is 4.79 Å². The van der Waals surface area contributed by atoms with Gasteiger partial charge in [0.15, 0.2) is 0 Å². The van der Waals surface area contributed by atoms with Crippen LogP contribution >= 0.6 is 11.6 Å². The summed E-state index contributed by atoms with van der Waals surface area (Å²) in [4.78, 5) is 11.6. The van der Waals surface area contributed by atoms with Crippen LogP contribution in [-0.2, 0) is 17.2 Å². The molecule has 1 N–H and O–H groups in total. The van der Waals surface area contributed by atoms with Crippen molar-refractivity contribution in [3.8, 4) is 0 Å². The fraction of sp³-hybridized carbons (Fsp3) is 0.667. The smallest absolute Gasteiger partial charge is 0.240 e. The Kier molecular flexibility index (Phi) is 3.68. The molecule has 1 amide bonds. The normalized spacial score (nSPS) is 11.5. The van der Waals surface area contributed by atoms with E-state index in [2.05, 4.69) is 15.5 Å². The summed E-state index contributed by atoms with van der Waals surface area (Å²) in [6, 6.07) is 0. The van der Waals surface area contributed by atoms with Gasteiger partial charge in [0, 0.05) is 5.54 Å². The first-order valence-electron chi connectivity index (χ1n) is 4.66. The van der Waals surface area contributed by atoms with Crippen molar-refractivity contribution in [2.45, 2.75) is 38.7 Å². The number of rotatable bonds is 3. The van der Waals surface area contributed by atoms with Crippen molar-refractivity contribution in [2.24, 2.45) is 0 Å². The molecule has 0 atom stereocenters. The van der Waals surface area contributed by atoms with E-state index in [4.69, 9.17) is 11.6 Å². The van der Waals surface area contributed by atoms with Crippen LogP contribution in [0.2, 0.25) is 0 Å². The van der Waals surface area contributed by atoms with E-state index >= 15 is 0 Å². The molecular weight excluding hydrogens is 216 g/mol. The molecular formula is C9H15ClN4O. The molecule has 0 fully saturated rings. The third-order valence-electron chi connectivity index (χ3n) is 1.64. The minimum absolute atomic E-state index is 0.0753. The number of carbonyl (C=O) groups is 1. The highest BCUT2D eigenvalue weighted by atomic mass is 35.5. The number of hydrogen-bond donors (Lipinski definition) is 1. The van der Waals surface area contributed by atoms with Crippen molar-refractivity contribution >= 4 is 17.5 Å². The van der Waals surface area contributed by atoms with E-state index in [-0.39, 0.29) is 23.9 Å².